The lowest BCUT2D eigenvalue weighted by Crippen LogP contribution is -2.00. The zero-order chi connectivity index (χ0) is 52.9. The van der Waals surface area contributed by atoms with E-state index in [-0.39, 0.29) is 0 Å². The van der Waals surface area contributed by atoms with Gasteiger partial charge in [0.25, 0.3) is 0 Å². The molecule has 1 aromatic heterocycles. The van der Waals surface area contributed by atoms with Gasteiger partial charge in [-0.1, -0.05) is 267 Å². The summed E-state index contributed by atoms with van der Waals surface area (Å²) in [5, 5.41) is 0. The van der Waals surface area contributed by atoms with Gasteiger partial charge in [-0.15, -0.1) is 0 Å². The Bertz CT molecular complexity index is 4260. The Balaban J connectivity index is 0.816. The summed E-state index contributed by atoms with van der Waals surface area (Å²) in [5.74, 6) is 1.83. The molecular formula is C76H53N3. The van der Waals surface area contributed by atoms with E-state index in [4.69, 9.17) is 15.0 Å². The Morgan fingerprint density at radius 2 is 0.329 bits per heavy atom. The van der Waals surface area contributed by atoms with Crippen LogP contribution in [0.5, 0.6) is 0 Å². The third-order valence-electron chi connectivity index (χ3n) is 14.8. The monoisotopic (exact) mass is 1010 g/mol. The molecule has 3 heteroatoms. The topological polar surface area (TPSA) is 38.7 Å². The van der Waals surface area contributed by atoms with E-state index in [1.54, 1.807) is 0 Å². The highest BCUT2D eigenvalue weighted by atomic mass is 15.0. The van der Waals surface area contributed by atoms with E-state index in [0.717, 1.165) is 55.6 Å². The van der Waals surface area contributed by atoms with Gasteiger partial charge >= 0.3 is 0 Å². The van der Waals surface area contributed by atoms with Gasteiger partial charge in [0.15, 0.2) is 17.5 Å². The molecule has 372 valence electrons. The second kappa shape index (κ2) is 21.7. The first kappa shape index (κ1) is 48.3. The van der Waals surface area contributed by atoms with E-state index in [0.29, 0.717) is 17.5 Å². The molecule has 0 bridgehead atoms. The van der Waals surface area contributed by atoms with Crippen LogP contribution in [-0.2, 0) is 0 Å². The van der Waals surface area contributed by atoms with Crippen molar-refractivity contribution >= 4 is 0 Å². The van der Waals surface area contributed by atoms with Crippen LogP contribution in [0.25, 0.3) is 134 Å². The minimum atomic E-state index is 0.609. The SMILES string of the molecule is Cc1cc(-c2ccc(-c3nc(-c4ccc(-c5cccc(-c6ccccc6)c5)cc4)nc(-c4ccc(-c5cccc(-c6cccc(-c7cccc(-c8ccccc8)c7)c6)c5)cc4)n3)cc2)cc(-c2cccc(-c3ccccc3)c2)c1. The van der Waals surface area contributed by atoms with E-state index in [1.807, 2.05) is 0 Å². The average Bonchev–Trinajstić information content (AvgIpc) is 3.53. The van der Waals surface area contributed by atoms with Crippen LogP contribution in [0.2, 0.25) is 0 Å². The summed E-state index contributed by atoms with van der Waals surface area (Å²) in [6.07, 6.45) is 0. The highest BCUT2D eigenvalue weighted by molar-refractivity contribution is 5.82. The molecular weight excluding hydrogens is 955 g/mol. The summed E-state index contributed by atoms with van der Waals surface area (Å²) in [4.78, 5) is 15.6. The fourth-order valence-electron chi connectivity index (χ4n) is 10.6. The molecule has 1 heterocycles. The van der Waals surface area contributed by atoms with Crippen molar-refractivity contribution in [3.05, 3.63) is 309 Å². The first-order valence-electron chi connectivity index (χ1n) is 26.9. The Morgan fingerprint density at radius 3 is 0.608 bits per heavy atom. The molecule has 13 rings (SSSR count). The molecule has 0 unspecified atom stereocenters. The molecule has 0 radical (unpaired) electrons. The number of hydrogen-bond donors (Lipinski definition) is 0. The van der Waals surface area contributed by atoms with Gasteiger partial charge in [0, 0.05) is 16.7 Å². The zero-order valence-electron chi connectivity index (χ0n) is 43.7. The molecule has 79 heavy (non-hydrogen) atoms. The van der Waals surface area contributed by atoms with Crippen LogP contribution in [0.1, 0.15) is 5.56 Å². The number of benzene rings is 12. The molecule has 0 spiro atoms. The molecule has 0 aliphatic heterocycles. The van der Waals surface area contributed by atoms with Gasteiger partial charge in [-0.3, -0.25) is 0 Å². The quantitative estimate of drug-likeness (QED) is 0.122. The van der Waals surface area contributed by atoms with Crippen LogP contribution in [0, 0.1) is 6.92 Å². The maximum absolute atomic E-state index is 5.20. The summed E-state index contributed by atoms with van der Waals surface area (Å²) < 4.78 is 0. The van der Waals surface area contributed by atoms with Crippen molar-refractivity contribution in [1.29, 1.82) is 0 Å². The second-order valence-corrected chi connectivity index (χ2v) is 20.1. The summed E-state index contributed by atoms with van der Waals surface area (Å²) in [5.41, 5.74) is 25.0. The number of nitrogens with zero attached hydrogens (tertiary/aromatic N) is 3. The van der Waals surface area contributed by atoms with Gasteiger partial charge in [-0.2, -0.15) is 0 Å². The molecule has 3 nitrogen and oxygen atoms in total. The van der Waals surface area contributed by atoms with Crippen LogP contribution in [0.3, 0.4) is 0 Å². The summed E-state index contributed by atoms with van der Waals surface area (Å²) in [7, 11) is 0. The first-order chi connectivity index (χ1) is 39.0. The maximum Gasteiger partial charge on any atom is 0.164 e. The minimum absolute atomic E-state index is 0.609. The summed E-state index contributed by atoms with van der Waals surface area (Å²) >= 11 is 0. The highest BCUT2D eigenvalue weighted by Crippen LogP contribution is 2.36. The molecule has 0 atom stereocenters. The summed E-state index contributed by atoms with van der Waals surface area (Å²) in [6.45, 7) is 2.17. The lowest BCUT2D eigenvalue weighted by molar-refractivity contribution is 1.07. The molecule has 0 aliphatic rings. The van der Waals surface area contributed by atoms with Crippen LogP contribution < -0.4 is 0 Å². The Morgan fingerprint density at radius 1 is 0.152 bits per heavy atom. The average molecular weight is 1010 g/mol. The van der Waals surface area contributed by atoms with Crippen molar-refractivity contribution in [2.75, 3.05) is 0 Å². The lowest BCUT2D eigenvalue weighted by Gasteiger charge is -2.12. The van der Waals surface area contributed by atoms with Crippen molar-refractivity contribution in [3.8, 4) is 134 Å². The van der Waals surface area contributed by atoms with Crippen LogP contribution >= 0.6 is 0 Å². The second-order valence-electron chi connectivity index (χ2n) is 20.1. The normalized spacial score (nSPS) is 11.1. The fourth-order valence-corrected chi connectivity index (χ4v) is 10.6. The fraction of sp³-hybridized carbons (Fsp3) is 0.0132. The number of rotatable bonds is 12. The molecule has 12 aromatic carbocycles. The van der Waals surface area contributed by atoms with Crippen molar-refractivity contribution in [2.24, 2.45) is 0 Å². The first-order valence-corrected chi connectivity index (χ1v) is 26.9. The number of aromatic nitrogens is 3. The van der Waals surface area contributed by atoms with E-state index in [2.05, 4.69) is 310 Å². The van der Waals surface area contributed by atoms with Gasteiger partial charge in [0.1, 0.15) is 0 Å². The van der Waals surface area contributed by atoms with E-state index < -0.39 is 0 Å². The predicted octanol–water partition coefficient (Wildman–Crippen LogP) is 20.2. The molecule has 0 fully saturated rings. The largest absolute Gasteiger partial charge is 0.208 e. The van der Waals surface area contributed by atoms with Gasteiger partial charge in [0.2, 0.25) is 0 Å². The predicted molar refractivity (Wildman–Crippen MR) is 330 cm³/mol. The van der Waals surface area contributed by atoms with Gasteiger partial charge in [-0.25, -0.2) is 15.0 Å². The van der Waals surface area contributed by atoms with Crippen molar-refractivity contribution in [2.45, 2.75) is 6.92 Å². The third-order valence-corrected chi connectivity index (χ3v) is 14.8. The maximum atomic E-state index is 5.20. The summed E-state index contributed by atoms with van der Waals surface area (Å²) in [6, 6.07) is 108. The Labute approximate surface area is 462 Å². The molecule has 0 N–H and O–H groups in total. The number of hydrogen-bond acceptors (Lipinski definition) is 3. The van der Waals surface area contributed by atoms with Gasteiger partial charge in [0.05, 0.1) is 0 Å². The third kappa shape index (κ3) is 10.6. The van der Waals surface area contributed by atoms with Crippen molar-refractivity contribution in [1.82, 2.24) is 15.0 Å². The Kier molecular flexibility index (Phi) is 13.3. The highest BCUT2D eigenvalue weighted by Gasteiger charge is 2.15. The molecule has 0 saturated heterocycles. The molecule has 0 amide bonds. The Hall–Kier alpha value is -10.4. The van der Waals surface area contributed by atoms with E-state index >= 15 is 0 Å². The number of aryl methyl sites for hydroxylation is 1. The van der Waals surface area contributed by atoms with Crippen LogP contribution in [0.4, 0.5) is 0 Å². The van der Waals surface area contributed by atoms with Crippen molar-refractivity contribution in [3.63, 3.8) is 0 Å². The van der Waals surface area contributed by atoms with E-state index in [1.165, 1.54) is 66.8 Å². The standard InChI is InChI=1S/C76H53N3/c1-52-44-72(51-73(45-52)71-31-14-24-64(49-71)55-20-9-4-10-21-55)58-36-42-61(43-37-58)76-78-74(59-38-32-56(33-39-59)65-25-11-22-62(46-65)53-16-5-2-6-17-53)77-75(79-76)60-40-34-57(35-41-60)66-26-13-28-68(48-66)70-30-15-29-69(50-70)67-27-12-23-63(47-67)54-18-7-3-8-19-54/h2-51H,1H3. The van der Waals surface area contributed by atoms with Crippen LogP contribution in [-0.4, -0.2) is 15.0 Å². The molecule has 0 saturated carbocycles. The van der Waals surface area contributed by atoms with Crippen molar-refractivity contribution < 1.29 is 0 Å². The lowest BCUT2D eigenvalue weighted by atomic mass is 9.94. The van der Waals surface area contributed by atoms with E-state index in [9.17, 15) is 0 Å². The van der Waals surface area contributed by atoms with Crippen LogP contribution in [0.15, 0.2) is 303 Å². The van der Waals surface area contributed by atoms with Gasteiger partial charge in [-0.05, 0) is 149 Å². The molecule has 13 aromatic rings. The zero-order valence-corrected chi connectivity index (χ0v) is 43.7. The smallest absolute Gasteiger partial charge is 0.164 e. The van der Waals surface area contributed by atoms with Gasteiger partial charge < -0.3 is 0 Å². The minimum Gasteiger partial charge on any atom is -0.208 e. The molecule has 0 aliphatic carbocycles.